The van der Waals surface area contributed by atoms with Crippen LogP contribution in [0.4, 0.5) is 11.4 Å². The lowest BCUT2D eigenvalue weighted by molar-refractivity contribution is 0.103. The summed E-state index contributed by atoms with van der Waals surface area (Å²) < 4.78 is 0. The van der Waals surface area contributed by atoms with Crippen molar-refractivity contribution in [3.05, 3.63) is 46.7 Å². The first kappa shape index (κ1) is 11.7. The van der Waals surface area contributed by atoms with E-state index >= 15 is 0 Å². The number of thiophene rings is 1. The lowest BCUT2D eigenvalue weighted by Gasteiger charge is -2.06. The van der Waals surface area contributed by atoms with E-state index in [9.17, 15) is 4.79 Å². The van der Waals surface area contributed by atoms with Crippen molar-refractivity contribution in [1.29, 1.82) is 0 Å². The minimum absolute atomic E-state index is 0.0591. The van der Waals surface area contributed by atoms with E-state index in [0.717, 1.165) is 22.8 Å². The largest absolute Gasteiger partial charge is 0.385 e. The van der Waals surface area contributed by atoms with Gasteiger partial charge in [-0.1, -0.05) is 6.07 Å². The molecule has 4 heteroatoms. The van der Waals surface area contributed by atoms with Gasteiger partial charge in [-0.05, 0) is 42.6 Å². The molecule has 0 aliphatic rings. The van der Waals surface area contributed by atoms with Crippen LogP contribution < -0.4 is 10.6 Å². The van der Waals surface area contributed by atoms with Crippen molar-refractivity contribution in [3.63, 3.8) is 0 Å². The van der Waals surface area contributed by atoms with Gasteiger partial charge in [0.2, 0.25) is 0 Å². The van der Waals surface area contributed by atoms with Crippen molar-refractivity contribution >= 4 is 28.6 Å². The van der Waals surface area contributed by atoms with Gasteiger partial charge in [-0.15, -0.1) is 11.3 Å². The van der Waals surface area contributed by atoms with E-state index in [1.807, 2.05) is 48.7 Å². The fourth-order valence-electron chi connectivity index (χ4n) is 1.48. The molecule has 0 unspecified atom stereocenters. The first-order valence-electron chi connectivity index (χ1n) is 5.48. The molecule has 0 atom stereocenters. The van der Waals surface area contributed by atoms with Gasteiger partial charge in [-0.25, -0.2) is 0 Å². The highest BCUT2D eigenvalue weighted by Crippen LogP contribution is 2.16. The summed E-state index contributed by atoms with van der Waals surface area (Å²) in [5.41, 5.74) is 1.87. The Balaban J connectivity index is 2.01. The summed E-state index contributed by atoms with van der Waals surface area (Å²) in [5, 5.41) is 7.95. The summed E-state index contributed by atoms with van der Waals surface area (Å²) >= 11 is 1.44. The number of nitrogens with one attached hydrogen (secondary N) is 2. The molecule has 0 bridgehead atoms. The van der Waals surface area contributed by atoms with Crippen LogP contribution in [0.3, 0.4) is 0 Å². The van der Waals surface area contributed by atoms with E-state index < -0.39 is 0 Å². The Kier molecular flexibility index (Phi) is 3.77. The highest BCUT2D eigenvalue weighted by atomic mass is 32.1. The molecule has 0 spiro atoms. The van der Waals surface area contributed by atoms with Crippen LogP contribution >= 0.6 is 11.3 Å². The normalized spacial score (nSPS) is 9.94. The van der Waals surface area contributed by atoms with Crippen molar-refractivity contribution in [3.8, 4) is 0 Å². The Bertz CT molecular complexity index is 477. The molecule has 2 rings (SSSR count). The molecule has 1 aromatic heterocycles. The van der Waals surface area contributed by atoms with Gasteiger partial charge in [0.05, 0.1) is 4.88 Å². The second-order valence-electron chi connectivity index (χ2n) is 3.54. The molecule has 0 radical (unpaired) electrons. The molecule has 88 valence electrons. The van der Waals surface area contributed by atoms with E-state index in [1.54, 1.807) is 0 Å². The molecular formula is C13H14N2OS. The molecule has 1 heterocycles. The Labute approximate surface area is 104 Å². The van der Waals surface area contributed by atoms with Crippen LogP contribution in [-0.4, -0.2) is 12.5 Å². The second-order valence-corrected chi connectivity index (χ2v) is 4.49. The highest BCUT2D eigenvalue weighted by Gasteiger charge is 2.06. The molecule has 0 aliphatic heterocycles. The zero-order valence-electron chi connectivity index (χ0n) is 9.57. The van der Waals surface area contributed by atoms with E-state index in [0.29, 0.717) is 0 Å². The van der Waals surface area contributed by atoms with E-state index in [2.05, 4.69) is 10.6 Å². The molecule has 17 heavy (non-hydrogen) atoms. The predicted molar refractivity (Wildman–Crippen MR) is 72.9 cm³/mol. The Morgan fingerprint density at radius 2 is 1.88 bits per heavy atom. The lowest BCUT2D eigenvalue weighted by atomic mass is 10.2. The van der Waals surface area contributed by atoms with Crippen molar-refractivity contribution < 1.29 is 4.79 Å². The van der Waals surface area contributed by atoms with Crippen LogP contribution in [0.15, 0.2) is 41.8 Å². The van der Waals surface area contributed by atoms with E-state index in [1.165, 1.54) is 11.3 Å². The quantitative estimate of drug-likeness (QED) is 0.867. The van der Waals surface area contributed by atoms with Gasteiger partial charge in [0, 0.05) is 17.9 Å². The average Bonchev–Trinajstić information content (AvgIpc) is 2.86. The van der Waals surface area contributed by atoms with Crippen molar-refractivity contribution in [2.24, 2.45) is 0 Å². The number of rotatable bonds is 4. The Morgan fingerprint density at radius 1 is 1.18 bits per heavy atom. The number of hydrogen-bond donors (Lipinski definition) is 2. The third-order valence-electron chi connectivity index (χ3n) is 2.27. The molecular weight excluding hydrogens is 232 g/mol. The molecule has 1 aromatic carbocycles. The van der Waals surface area contributed by atoms with Crippen LogP contribution in [0.1, 0.15) is 16.6 Å². The number of hydrogen-bond acceptors (Lipinski definition) is 3. The van der Waals surface area contributed by atoms with Gasteiger partial charge in [-0.3, -0.25) is 4.79 Å². The van der Waals surface area contributed by atoms with Gasteiger partial charge in [0.1, 0.15) is 0 Å². The molecule has 0 saturated heterocycles. The third kappa shape index (κ3) is 3.07. The SMILES string of the molecule is CCNc1ccc(NC(=O)c2cccs2)cc1. The molecule has 1 amide bonds. The average molecular weight is 246 g/mol. The summed E-state index contributed by atoms with van der Waals surface area (Å²) in [5.74, 6) is -0.0591. The molecule has 0 aliphatic carbocycles. The number of anilines is 2. The van der Waals surface area contributed by atoms with Crippen LogP contribution in [0, 0.1) is 0 Å². The maximum Gasteiger partial charge on any atom is 0.265 e. The number of carbonyl (C=O) groups excluding carboxylic acids is 1. The molecule has 0 saturated carbocycles. The summed E-state index contributed by atoms with van der Waals surface area (Å²) in [7, 11) is 0. The molecule has 2 N–H and O–H groups in total. The zero-order chi connectivity index (χ0) is 12.1. The molecule has 0 fully saturated rings. The highest BCUT2D eigenvalue weighted by molar-refractivity contribution is 7.12. The van der Waals surface area contributed by atoms with Gasteiger partial charge < -0.3 is 10.6 Å². The first-order chi connectivity index (χ1) is 8.29. The minimum Gasteiger partial charge on any atom is -0.385 e. The van der Waals surface area contributed by atoms with E-state index in [4.69, 9.17) is 0 Å². The van der Waals surface area contributed by atoms with Gasteiger partial charge >= 0.3 is 0 Å². The smallest absolute Gasteiger partial charge is 0.265 e. The Hall–Kier alpha value is -1.81. The fraction of sp³-hybridized carbons (Fsp3) is 0.154. The van der Waals surface area contributed by atoms with Gasteiger partial charge in [0.25, 0.3) is 5.91 Å². The van der Waals surface area contributed by atoms with Crippen LogP contribution in [0.2, 0.25) is 0 Å². The zero-order valence-corrected chi connectivity index (χ0v) is 10.4. The van der Waals surface area contributed by atoms with Crippen LogP contribution in [0.25, 0.3) is 0 Å². The van der Waals surface area contributed by atoms with Crippen molar-refractivity contribution in [1.82, 2.24) is 0 Å². The summed E-state index contributed by atoms with van der Waals surface area (Å²) in [6.07, 6.45) is 0. The predicted octanol–water partition coefficient (Wildman–Crippen LogP) is 3.43. The van der Waals surface area contributed by atoms with Gasteiger partial charge in [0.15, 0.2) is 0 Å². The van der Waals surface area contributed by atoms with Gasteiger partial charge in [-0.2, -0.15) is 0 Å². The monoisotopic (exact) mass is 246 g/mol. The van der Waals surface area contributed by atoms with E-state index in [-0.39, 0.29) is 5.91 Å². The topological polar surface area (TPSA) is 41.1 Å². The maximum absolute atomic E-state index is 11.8. The first-order valence-corrected chi connectivity index (χ1v) is 6.36. The maximum atomic E-state index is 11.8. The number of carbonyl (C=O) groups is 1. The standard InChI is InChI=1S/C13H14N2OS/c1-2-14-10-5-7-11(8-6-10)15-13(16)12-4-3-9-17-12/h3-9,14H,2H2,1H3,(H,15,16). The van der Waals surface area contributed by atoms with Crippen LogP contribution in [0.5, 0.6) is 0 Å². The fourth-order valence-corrected chi connectivity index (χ4v) is 2.09. The number of amides is 1. The Morgan fingerprint density at radius 3 is 2.47 bits per heavy atom. The second kappa shape index (κ2) is 5.50. The minimum atomic E-state index is -0.0591. The summed E-state index contributed by atoms with van der Waals surface area (Å²) in [6.45, 7) is 2.94. The molecule has 2 aromatic rings. The summed E-state index contributed by atoms with van der Waals surface area (Å²) in [4.78, 5) is 12.5. The van der Waals surface area contributed by atoms with Crippen molar-refractivity contribution in [2.45, 2.75) is 6.92 Å². The van der Waals surface area contributed by atoms with Crippen molar-refractivity contribution in [2.75, 3.05) is 17.2 Å². The number of benzene rings is 1. The molecule has 3 nitrogen and oxygen atoms in total. The van der Waals surface area contributed by atoms with Crippen LogP contribution in [-0.2, 0) is 0 Å². The summed E-state index contributed by atoms with van der Waals surface area (Å²) in [6, 6.07) is 11.4. The lowest BCUT2D eigenvalue weighted by Crippen LogP contribution is -2.09. The third-order valence-corrected chi connectivity index (χ3v) is 3.14.